The summed E-state index contributed by atoms with van der Waals surface area (Å²) in [6, 6.07) is 3.88. The van der Waals surface area contributed by atoms with Gasteiger partial charge in [0.05, 0.1) is 13.0 Å². The minimum atomic E-state index is -0.00675. The van der Waals surface area contributed by atoms with Gasteiger partial charge < -0.3 is 15.4 Å². The van der Waals surface area contributed by atoms with Crippen molar-refractivity contribution in [2.24, 2.45) is 5.92 Å². The lowest BCUT2D eigenvalue weighted by Crippen LogP contribution is -2.30. The van der Waals surface area contributed by atoms with Crippen molar-refractivity contribution in [2.45, 2.75) is 27.2 Å². The van der Waals surface area contributed by atoms with Crippen molar-refractivity contribution in [3.63, 3.8) is 0 Å². The summed E-state index contributed by atoms with van der Waals surface area (Å²) >= 11 is 0. The fourth-order valence-corrected chi connectivity index (χ4v) is 2.26. The summed E-state index contributed by atoms with van der Waals surface area (Å²) in [7, 11) is 3.52. The molecule has 106 valence electrons. The van der Waals surface area contributed by atoms with Gasteiger partial charge in [0.1, 0.15) is 5.75 Å². The molecule has 2 N–H and O–H groups in total. The van der Waals surface area contributed by atoms with Crippen LogP contribution in [0, 0.1) is 19.8 Å². The highest BCUT2D eigenvalue weighted by molar-refractivity contribution is 5.93. The summed E-state index contributed by atoms with van der Waals surface area (Å²) in [6.45, 7) is 6.67. The molecule has 0 aliphatic rings. The third kappa shape index (κ3) is 3.96. The van der Waals surface area contributed by atoms with Gasteiger partial charge in [-0.2, -0.15) is 0 Å². The average molecular weight is 264 g/mol. The molecule has 0 saturated heterocycles. The van der Waals surface area contributed by atoms with E-state index in [0.29, 0.717) is 6.54 Å². The van der Waals surface area contributed by atoms with Crippen LogP contribution >= 0.6 is 0 Å². The van der Waals surface area contributed by atoms with Crippen LogP contribution in [0.5, 0.6) is 5.75 Å². The molecule has 19 heavy (non-hydrogen) atoms. The molecule has 0 aliphatic carbocycles. The van der Waals surface area contributed by atoms with Gasteiger partial charge in [0.2, 0.25) is 5.91 Å². The SMILES string of the molecule is CCC(CNC)C(=O)Nc1cc(C)c(OC)c(C)c1. The third-order valence-corrected chi connectivity index (χ3v) is 3.25. The van der Waals surface area contributed by atoms with Crippen molar-refractivity contribution >= 4 is 11.6 Å². The fraction of sp³-hybridized carbons (Fsp3) is 0.533. The summed E-state index contributed by atoms with van der Waals surface area (Å²) in [5.74, 6) is 0.925. The Morgan fingerprint density at radius 1 is 1.32 bits per heavy atom. The lowest BCUT2D eigenvalue weighted by molar-refractivity contribution is -0.119. The first-order valence-electron chi connectivity index (χ1n) is 6.64. The number of anilines is 1. The van der Waals surface area contributed by atoms with Gasteiger partial charge in [0.15, 0.2) is 0 Å². The van der Waals surface area contributed by atoms with Crippen LogP contribution in [0.25, 0.3) is 0 Å². The van der Waals surface area contributed by atoms with Gasteiger partial charge in [-0.15, -0.1) is 0 Å². The molecule has 1 aromatic carbocycles. The zero-order valence-electron chi connectivity index (χ0n) is 12.5. The third-order valence-electron chi connectivity index (χ3n) is 3.25. The highest BCUT2D eigenvalue weighted by Gasteiger charge is 2.16. The minimum Gasteiger partial charge on any atom is -0.496 e. The van der Waals surface area contributed by atoms with Gasteiger partial charge >= 0.3 is 0 Å². The summed E-state index contributed by atoms with van der Waals surface area (Å²) in [5.41, 5.74) is 2.88. The maximum absolute atomic E-state index is 12.1. The Morgan fingerprint density at radius 3 is 2.32 bits per heavy atom. The van der Waals surface area contributed by atoms with Crippen LogP contribution in [0.3, 0.4) is 0 Å². The summed E-state index contributed by atoms with van der Waals surface area (Å²) in [5, 5.41) is 6.02. The number of hydrogen-bond donors (Lipinski definition) is 2. The lowest BCUT2D eigenvalue weighted by Gasteiger charge is -2.16. The van der Waals surface area contributed by atoms with Gasteiger partial charge in [-0.1, -0.05) is 6.92 Å². The normalized spacial score (nSPS) is 12.1. The van der Waals surface area contributed by atoms with Gasteiger partial charge in [0.25, 0.3) is 0 Å². The van der Waals surface area contributed by atoms with E-state index in [9.17, 15) is 4.79 Å². The number of rotatable bonds is 6. The van der Waals surface area contributed by atoms with Crippen LogP contribution in [-0.2, 0) is 4.79 Å². The van der Waals surface area contributed by atoms with E-state index < -0.39 is 0 Å². The second-order valence-corrected chi connectivity index (χ2v) is 4.80. The molecule has 0 fully saturated rings. The monoisotopic (exact) mass is 264 g/mol. The number of aryl methyl sites for hydroxylation is 2. The van der Waals surface area contributed by atoms with Crippen LogP contribution in [0.2, 0.25) is 0 Å². The van der Waals surface area contributed by atoms with E-state index in [0.717, 1.165) is 29.0 Å². The van der Waals surface area contributed by atoms with Crippen molar-refractivity contribution in [3.05, 3.63) is 23.3 Å². The molecule has 0 aromatic heterocycles. The number of benzene rings is 1. The van der Waals surface area contributed by atoms with Crippen LogP contribution in [-0.4, -0.2) is 26.6 Å². The molecule has 1 rings (SSSR count). The van der Waals surface area contributed by atoms with E-state index in [1.807, 2.05) is 40.0 Å². The van der Waals surface area contributed by atoms with Crippen molar-refractivity contribution in [3.8, 4) is 5.75 Å². The van der Waals surface area contributed by atoms with Gasteiger partial charge in [-0.05, 0) is 50.6 Å². The molecule has 0 radical (unpaired) electrons. The van der Waals surface area contributed by atoms with E-state index in [4.69, 9.17) is 4.74 Å². The highest BCUT2D eigenvalue weighted by atomic mass is 16.5. The fourth-order valence-electron chi connectivity index (χ4n) is 2.26. The molecular weight excluding hydrogens is 240 g/mol. The molecule has 0 aliphatic heterocycles. The molecule has 4 heteroatoms. The molecule has 0 bridgehead atoms. The summed E-state index contributed by atoms with van der Waals surface area (Å²) in [6.07, 6.45) is 0.820. The van der Waals surface area contributed by atoms with Crippen LogP contribution < -0.4 is 15.4 Å². The molecular formula is C15H24N2O2. The molecule has 0 heterocycles. The van der Waals surface area contributed by atoms with E-state index in [2.05, 4.69) is 10.6 Å². The van der Waals surface area contributed by atoms with E-state index >= 15 is 0 Å². The molecule has 1 unspecified atom stereocenters. The number of carbonyl (C=O) groups is 1. The maximum Gasteiger partial charge on any atom is 0.228 e. The first-order chi connectivity index (χ1) is 9.03. The second kappa shape index (κ2) is 7.14. The minimum absolute atomic E-state index is 0.00675. The predicted molar refractivity (Wildman–Crippen MR) is 78.8 cm³/mol. The van der Waals surface area contributed by atoms with Crippen molar-refractivity contribution < 1.29 is 9.53 Å². The van der Waals surface area contributed by atoms with E-state index in [-0.39, 0.29) is 11.8 Å². The standard InChI is InChI=1S/C15H24N2O2/c1-6-12(9-16-4)15(18)17-13-7-10(2)14(19-5)11(3)8-13/h7-8,12,16H,6,9H2,1-5H3,(H,17,18). The first kappa shape index (κ1) is 15.5. The summed E-state index contributed by atoms with van der Waals surface area (Å²) in [4.78, 5) is 12.1. The number of amides is 1. The number of carbonyl (C=O) groups excluding carboxylic acids is 1. The molecule has 0 saturated carbocycles. The predicted octanol–water partition coefficient (Wildman–Crippen LogP) is 2.50. The number of ether oxygens (including phenoxy) is 1. The van der Waals surface area contributed by atoms with Gasteiger partial charge in [-0.3, -0.25) is 4.79 Å². The number of hydrogen-bond acceptors (Lipinski definition) is 3. The smallest absolute Gasteiger partial charge is 0.228 e. The highest BCUT2D eigenvalue weighted by Crippen LogP contribution is 2.27. The van der Waals surface area contributed by atoms with Gasteiger partial charge in [0, 0.05) is 12.2 Å². The second-order valence-electron chi connectivity index (χ2n) is 4.80. The van der Waals surface area contributed by atoms with Crippen molar-refractivity contribution in [1.82, 2.24) is 5.32 Å². The molecule has 0 spiro atoms. The molecule has 1 atom stereocenters. The quantitative estimate of drug-likeness (QED) is 0.830. The number of methoxy groups -OCH3 is 1. The van der Waals surface area contributed by atoms with Crippen LogP contribution in [0.1, 0.15) is 24.5 Å². The zero-order chi connectivity index (χ0) is 14.4. The Morgan fingerprint density at radius 2 is 1.89 bits per heavy atom. The maximum atomic E-state index is 12.1. The largest absolute Gasteiger partial charge is 0.496 e. The van der Waals surface area contributed by atoms with Crippen LogP contribution in [0.4, 0.5) is 5.69 Å². The van der Waals surface area contributed by atoms with Crippen LogP contribution in [0.15, 0.2) is 12.1 Å². The molecule has 1 aromatic rings. The first-order valence-corrected chi connectivity index (χ1v) is 6.64. The Labute approximate surface area is 115 Å². The molecule has 1 amide bonds. The van der Waals surface area contributed by atoms with Crippen molar-refractivity contribution in [1.29, 1.82) is 0 Å². The zero-order valence-corrected chi connectivity index (χ0v) is 12.5. The topological polar surface area (TPSA) is 50.4 Å². The Balaban J connectivity index is 2.85. The van der Waals surface area contributed by atoms with Crippen molar-refractivity contribution in [2.75, 3.05) is 26.0 Å². The van der Waals surface area contributed by atoms with Gasteiger partial charge in [-0.25, -0.2) is 0 Å². The average Bonchev–Trinajstić information content (AvgIpc) is 2.35. The molecule has 4 nitrogen and oxygen atoms in total. The Hall–Kier alpha value is -1.55. The number of nitrogens with one attached hydrogen (secondary N) is 2. The van der Waals surface area contributed by atoms with E-state index in [1.54, 1.807) is 7.11 Å². The lowest BCUT2D eigenvalue weighted by atomic mass is 10.0. The van der Waals surface area contributed by atoms with E-state index in [1.165, 1.54) is 0 Å². The summed E-state index contributed by atoms with van der Waals surface area (Å²) < 4.78 is 5.32. The Bertz CT molecular complexity index is 421. The Kier molecular flexibility index (Phi) is 5.83.